The molecule has 3 heterocycles. The quantitative estimate of drug-likeness (QED) is 0.756. The average Bonchev–Trinajstić information content (AvgIpc) is 3.19. The fourth-order valence-electron chi connectivity index (χ4n) is 2.97. The van der Waals surface area contributed by atoms with Crippen LogP contribution in [0, 0.1) is 19.8 Å². The molecule has 1 fully saturated rings. The van der Waals surface area contributed by atoms with Crippen LogP contribution in [0.5, 0.6) is 0 Å². The van der Waals surface area contributed by atoms with Crippen molar-refractivity contribution in [2.75, 3.05) is 18.0 Å². The minimum Gasteiger partial charge on any atom is -0.356 e. The molecule has 0 bridgehead atoms. The van der Waals surface area contributed by atoms with Gasteiger partial charge in [0, 0.05) is 37.8 Å². The number of nitrogens with zero attached hydrogens (tertiary/aromatic N) is 4. The van der Waals surface area contributed by atoms with Crippen molar-refractivity contribution in [1.29, 1.82) is 0 Å². The zero-order chi connectivity index (χ0) is 18.7. The molecule has 0 aromatic carbocycles. The highest BCUT2D eigenvalue weighted by atomic mass is 32.1. The molecule has 2 aromatic heterocycles. The third-order valence-corrected chi connectivity index (χ3v) is 5.23. The lowest BCUT2D eigenvalue weighted by molar-refractivity contribution is -0.126. The predicted molar refractivity (Wildman–Crippen MR) is 98.2 cm³/mol. The maximum absolute atomic E-state index is 12.3. The lowest BCUT2D eigenvalue weighted by Gasteiger charge is -2.13. The van der Waals surface area contributed by atoms with E-state index < -0.39 is 0 Å². The molecule has 138 valence electrons. The van der Waals surface area contributed by atoms with Gasteiger partial charge in [-0.05, 0) is 26.3 Å². The number of hydrogen-bond donors (Lipinski definition) is 1. The molecule has 0 spiro atoms. The second-order valence-corrected chi connectivity index (χ2v) is 7.47. The summed E-state index contributed by atoms with van der Waals surface area (Å²) in [5, 5.41) is 12.1. The summed E-state index contributed by atoms with van der Waals surface area (Å²) in [7, 11) is 0. The summed E-state index contributed by atoms with van der Waals surface area (Å²) >= 11 is 1.34. The molecule has 26 heavy (non-hydrogen) atoms. The molecule has 1 atom stereocenters. The Hall–Kier alpha value is -2.55. The van der Waals surface area contributed by atoms with E-state index in [2.05, 4.69) is 15.5 Å². The monoisotopic (exact) mass is 375 g/mol. The van der Waals surface area contributed by atoms with Crippen LogP contribution in [0.15, 0.2) is 23.0 Å². The molecule has 0 saturated carbocycles. The normalized spacial score (nSPS) is 16.9. The van der Waals surface area contributed by atoms with Crippen molar-refractivity contribution in [1.82, 2.24) is 20.1 Å². The number of rotatable bonds is 6. The van der Waals surface area contributed by atoms with Crippen LogP contribution in [-0.4, -0.2) is 39.7 Å². The van der Waals surface area contributed by atoms with Gasteiger partial charge in [-0.2, -0.15) is 0 Å². The number of pyridine rings is 1. The molecule has 0 aliphatic carbocycles. The van der Waals surface area contributed by atoms with Gasteiger partial charge in [-0.1, -0.05) is 17.4 Å². The topological polar surface area (TPSA) is 97.2 Å². The van der Waals surface area contributed by atoms with Crippen molar-refractivity contribution < 1.29 is 9.59 Å². The molecule has 1 aliphatic heterocycles. The van der Waals surface area contributed by atoms with Gasteiger partial charge < -0.3 is 9.88 Å². The highest BCUT2D eigenvalue weighted by Gasteiger charge is 2.36. The van der Waals surface area contributed by atoms with Crippen LogP contribution in [-0.2, 0) is 16.1 Å². The van der Waals surface area contributed by atoms with Gasteiger partial charge in [0.2, 0.25) is 16.9 Å². The number of nitrogens with one attached hydrogen (secondary N) is 1. The maximum atomic E-state index is 12.3. The predicted octanol–water partition coefficient (Wildman–Crippen LogP) is 0.876. The lowest BCUT2D eigenvalue weighted by atomic mass is 10.1. The van der Waals surface area contributed by atoms with Crippen molar-refractivity contribution in [3.05, 3.63) is 39.3 Å². The van der Waals surface area contributed by atoms with E-state index in [0.717, 1.165) is 10.7 Å². The molecular formula is C17H21N5O3S. The van der Waals surface area contributed by atoms with Crippen molar-refractivity contribution in [3.8, 4) is 0 Å². The number of aryl methyl sites for hydroxylation is 2. The standard InChI is InChI=1S/C17H21N5O3S/c1-11-5-3-6-14(23)21(11)8-4-7-18-16(25)13-9-15(24)22(10-13)17-20-19-12(2)26-17/h3,5-6,13H,4,7-10H2,1-2H3,(H,18,25). The summed E-state index contributed by atoms with van der Waals surface area (Å²) in [6, 6.07) is 5.14. The molecule has 2 aromatic rings. The van der Waals surface area contributed by atoms with E-state index in [-0.39, 0.29) is 29.7 Å². The lowest BCUT2D eigenvalue weighted by Crippen LogP contribution is -2.34. The molecule has 1 saturated heterocycles. The summed E-state index contributed by atoms with van der Waals surface area (Å²) in [5.74, 6) is -0.625. The van der Waals surface area contributed by atoms with Gasteiger partial charge in [-0.15, -0.1) is 10.2 Å². The number of anilines is 1. The highest BCUT2D eigenvalue weighted by molar-refractivity contribution is 7.15. The molecule has 0 radical (unpaired) electrons. The zero-order valence-electron chi connectivity index (χ0n) is 14.8. The van der Waals surface area contributed by atoms with Gasteiger partial charge in [-0.25, -0.2) is 0 Å². The van der Waals surface area contributed by atoms with Gasteiger partial charge in [-0.3, -0.25) is 19.3 Å². The molecule has 9 heteroatoms. The van der Waals surface area contributed by atoms with Crippen molar-refractivity contribution in [2.45, 2.75) is 33.2 Å². The number of carbonyl (C=O) groups is 2. The van der Waals surface area contributed by atoms with E-state index in [1.54, 1.807) is 10.6 Å². The van der Waals surface area contributed by atoms with Crippen LogP contribution in [0.2, 0.25) is 0 Å². The molecular weight excluding hydrogens is 354 g/mol. The van der Waals surface area contributed by atoms with Crippen LogP contribution < -0.4 is 15.8 Å². The molecule has 1 N–H and O–H groups in total. The fourth-order valence-corrected chi connectivity index (χ4v) is 3.68. The SMILES string of the molecule is Cc1nnc(N2CC(C(=O)NCCCn3c(C)cccc3=O)CC2=O)s1. The number of amides is 2. The van der Waals surface area contributed by atoms with Crippen LogP contribution in [0.1, 0.15) is 23.5 Å². The largest absolute Gasteiger partial charge is 0.356 e. The van der Waals surface area contributed by atoms with Crippen LogP contribution >= 0.6 is 11.3 Å². The van der Waals surface area contributed by atoms with E-state index in [4.69, 9.17) is 0 Å². The first-order valence-electron chi connectivity index (χ1n) is 8.50. The zero-order valence-corrected chi connectivity index (χ0v) is 15.6. The highest BCUT2D eigenvalue weighted by Crippen LogP contribution is 2.27. The Kier molecular flexibility index (Phi) is 5.46. The van der Waals surface area contributed by atoms with Crippen LogP contribution in [0.3, 0.4) is 0 Å². The first kappa shape index (κ1) is 18.2. The van der Waals surface area contributed by atoms with Crippen molar-refractivity contribution >= 4 is 28.3 Å². The first-order chi connectivity index (χ1) is 12.5. The van der Waals surface area contributed by atoms with Gasteiger partial charge >= 0.3 is 0 Å². The van der Waals surface area contributed by atoms with Gasteiger partial charge in [0.15, 0.2) is 0 Å². The maximum Gasteiger partial charge on any atom is 0.250 e. The number of carbonyl (C=O) groups excluding carboxylic acids is 2. The summed E-state index contributed by atoms with van der Waals surface area (Å²) in [6.45, 7) is 5.05. The Bertz CT molecular complexity index is 875. The van der Waals surface area contributed by atoms with E-state index >= 15 is 0 Å². The Morgan fingerprint density at radius 3 is 2.81 bits per heavy atom. The summed E-state index contributed by atoms with van der Waals surface area (Å²) < 4.78 is 1.69. The summed E-state index contributed by atoms with van der Waals surface area (Å²) in [6.07, 6.45) is 0.832. The average molecular weight is 375 g/mol. The van der Waals surface area contributed by atoms with E-state index in [9.17, 15) is 14.4 Å². The minimum absolute atomic E-state index is 0.0410. The van der Waals surface area contributed by atoms with E-state index in [1.807, 2.05) is 19.9 Å². The third kappa shape index (κ3) is 3.98. The number of hydrogen-bond acceptors (Lipinski definition) is 6. The van der Waals surface area contributed by atoms with Gasteiger partial charge in [0.05, 0.1) is 5.92 Å². The fraction of sp³-hybridized carbons (Fsp3) is 0.471. The molecule has 3 rings (SSSR count). The Labute approximate surface area is 154 Å². The minimum atomic E-state index is -0.382. The van der Waals surface area contributed by atoms with E-state index in [0.29, 0.717) is 31.2 Å². The first-order valence-corrected chi connectivity index (χ1v) is 9.32. The molecule has 1 unspecified atom stereocenters. The Morgan fingerprint density at radius 2 is 2.12 bits per heavy atom. The summed E-state index contributed by atoms with van der Waals surface area (Å²) in [4.78, 5) is 37.8. The van der Waals surface area contributed by atoms with Crippen LogP contribution in [0.25, 0.3) is 0 Å². The van der Waals surface area contributed by atoms with Gasteiger partial charge in [0.25, 0.3) is 5.56 Å². The van der Waals surface area contributed by atoms with Crippen molar-refractivity contribution in [3.63, 3.8) is 0 Å². The van der Waals surface area contributed by atoms with E-state index in [1.165, 1.54) is 22.3 Å². The second-order valence-electron chi connectivity index (χ2n) is 6.31. The molecule has 2 amide bonds. The van der Waals surface area contributed by atoms with Gasteiger partial charge in [0.1, 0.15) is 5.01 Å². The summed E-state index contributed by atoms with van der Waals surface area (Å²) in [5.41, 5.74) is 0.855. The van der Waals surface area contributed by atoms with Crippen LogP contribution in [0.4, 0.5) is 5.13 Å². The molecule has 8 nitrogen and oxygen atoms in total. The number of aromatic nitrogens is 3. The smallest absolute Gasteiger partial charge is 0.250 e. The third-order valence-electron chi connectivity index (χ3n) is 4.37. The second kappa shape index (κ2) is 7.77. The Morgan fingerprint density at radius 1 is 1.31 bits per heavy atom. The Balaban J connectivity index is 1.48. The van der Waals surface area contributed by atoms with Crippen molar-refractivity contribution in [2.24, 2.45) is 5.92 Å². The molecule has 1 aliphatic rings.